The Balaban J connectivity index is 1.94. The highest BCUT2D eigenvalue weighted by molar-refractivity contribution is 7.93. The smallest absolute Gasteiger partial charge is 0.261 e. The summed E-state index contributed by atoms with van der Waals surface area (Å²) in [6, 6.07) is 9.38. The Labute approximate surface area is 159 Å². The zero-order valence-corrected chi connectivity index (χ0v) is 16.5. The zero-order chi connectivity index (χ0) is 19.7. The van der Waals surface area contributed by atoms with E-state index in [9.17, 15) is 21.2 Å². The Bertz CT molecular complexity index is 1040. The maximum absolute atomic E-state index is 13.0. The standard InChI is InChI=1S/C18H21FN2O4S2/c1-2-12-26(22,23)21-11-3-4-14-5-8-16(13-18(14)21)20-27(24,25)17-9-6-15(19)7-10-17/h5-10,13,20H,2-4,11-12H2,1H3. The number of nitrogens with one attached hydrogen (secondary N) is 1. The van der Waals surface area contributed by atoms with Crippen molar-refractivity contribution >= 4 is 31.4 Å². The lowest BCUT2D eigenvalue weighted by Gasteiger charge is -2.31. The molecule has 0 unspecified atom stereocenters. The van der Waals surface area contributed by atoms with E-state index in [0.29, 0.717) is 18.7 Å². The number of hydrogen-bond donors (Lipinski definition) is 1. The van der Waals surface area contributed by atoms with Gasteiger partial charge in [0.25, 0.3) is 10.0 Å². The van der Waals surface area contributed by atoms with E-state index in [4.69, 9.17) is 0 Å². The molecule has 0 saturated carbocycles. The minimum absolute atomic E-state index is 0.0397. The topological polar surface area (TPSA) is 83.6 Å². The van der Waals surface area contributed by atoms with Crippen LogP contribution in [0.3, 0.4) is 0 Å². The van der Waals surface area contributed by atoms with Crippen LogP contribution in [0.15, 0.2) is 47.4 Å². The second-order valence-electron chi connectivity index (χ2n) is 6.39. The number of halogens is 1. The minimum Gasteiger partial charge on any atom is -0.280 e. The molecule has 6 nitrogen and oxygen atoms in total. The largest absolute Gasteiger partial charge is 0.280 e. The minimum atomic E-state index is -3.90. The summed E-state index contributed by atoms with van der Waals surface area (Å²) in [6.07, 6.45) is 1.96. The van der Waals surface area contributed by atoms with Crippen LogP contribution in [0.2, 0.25) is 0 Å². The maximum Gasteiger partial charge on any atom is 0.261 e. The average Bonchev–Trinajstić information content (AvgIpc) is 2.61. The van der Waals surface area contributed by atoms with Gasteiger partial charge in [0, 0.05) is 6.54 Å². The Morgan fingerprint density at radius 1 is 1.07 bits per heavy atom. The summed E-state index contributed by atoms with van der Waals surface area (Å²) in [5.41, 5.74) is 1.64. The molecule has 146 valence electrons. The van der Waals surface area contributed by atoms with E-state index in [2.05, 4.69) is 4.72 Å². The first-order chi connectivity index (χ1) is 12.7. The summed E-state index contributed by atoms with van der Waals surface area (Å²) >= 11 is 0. The predicted molar refractivity (Wildman–Crippen MR) is 103 cm³/mol. The molecule has 0 fully saturated rings. The van der Waals surface area contributed by atoms with Crippen molar-refractivity contribution in [2.45, 2.75) is 31.1 Å². The van der Waals surface area contributed by atoms with Gasteiger partial charge in [-0.15, -0.1) is 0 Å². The van der Waals surface area contributed by atoms with Gasteiger partial charge in [-0.05, 0) is 61.2 Å². The van der Waals surface area contributed by atoms with Crippen LogP contribution >= 0.6 is 0 Å². The molecule has 2 aromatic carbocycles. The van der Waals surface area contributed by atoms with Crippen molar-refractivity contribution in [1.82, 2.24) is 0 Å². The molecule has 0 saturated heterocycles. The molecular formula is C18H21FN2O4S2. The first-order valence-corrected chi connectivity index (χ1v) is 11.7. The summed E-state index contributed by atoms with van der Waals surface area (Å²) in [5, 5.41) is 0. The van der Waals surface area contributed by atoms with Gasteiger partial charge in [-0.2, -0.15) is 0 Å². The van der Waals surface area contributed by atoms with Crippen LogP contribution in [-0.2, 0) is 26.5 Å². The van der Waals surface area contributed by atoms with E-state index >= 15 is 0 Å². The first-order valence-electron chi connectivity index (χ1n) is 8.65. The van der Waals surface area contributed by atoms with Gasteiger partial charge < -0.3 is 0 Å². The van der Waals surface area contributed by atoms with Crippen LogP contribution in [0.5, 0.6) is 0 Å². The number of hydrogen-bond acceptors (Lipinski definition) is 4. The number of sulfonamides is 2. The van der Waals surface area contributed by atoms with Crippen molar-refractivity contribution in [3.8, 4) is 0 Å². The Morgan fingerprint density at radius 2 is 1.78 bits per heavy atom. The summed E-state index contributed by atoms with van der Waals surface area (Å²) in [4.78, 5) is -0.0721. The lowest BCUT2D eigenvalue weighted by Crippen LogP contribution is -2.37. The van der Waals surface area contributed by atoms with Crippen LogP contribution < -0.4 is 9.03 Å². The number of aryl methyl sites for hydroxylation is 1. The molecular weight excluding hydrogens is 391 g/mol. The molecule has 0 bridgehead atoms. The second-order valence-corrected chi connectivity index (χ2v) is 10.1. The van der Waals surface area contributed by atoms with Gasteiger partial charge in [-0.1, -0.05) is 13.0 Å². The fourth-order valence-corrected chi connectivity index (χ4v) is 5.75. The third-order valence-electron chi connectivity index (χ3n) is 4.34. The van der Waals surface area contributed by atoms with Gasteiger partial charge in [0.05, 0.1) is 22.0 Å². The van der Waals surface area contributed by atoms with Gasteiger partial charge in [0.1, 0.15) is 5.82 Å². The fraction of sp³-hybridized carbons (Fsp3) is 0.333. The molecule has 0 spiro atoms. The summed E-state index contributed by atoms with van der Waals surface area (Å²) in [7, 11) is -7.35. The molecule has 1 aliphatic rings. The number of fused-ring (bicyclic) bond motifs is 1. The SMILES string of the molecule is CCCS(=O)(=O)N1CCCc2ccc(NS(=O)(=O)c3ccc(F)cc3)cc21. The number of benzene rings is 2. The molecule has 0 amide bonds. The van der Waals surface area contributed by atoms with E-state index in [-0.39, 0.29) is 16.3 Å². The predicted octanol–water partition coefficient (Wildman–Crippen LogP) is 3.12. The van der Waals surface area contributed by atoms with Crippen molar-refractivity contribution in [2.75, 3.05) is 21.3 Å². The van der Waals surface area contributed by atoms with Crippen LogP contribution in [-0.4, -0.2) is 29.1 Å². The maximum atomic E-state index is 13.0. The summed E-state index contributed by atoms with van der Waals surface area (Å²) < 4.78 is 66.9. The molecule has 0 atom stereocenters. The van der Waals surface area contributed by atoms with E-state index in [1.165, 1.54) is 16.4 Å². The third kappa shape index (κ3) is 4.24. The van der Waals surface area contributed by atoms with Gasteiger partial charge >= 0.3 is 0 Å². The van der Waals surface area contributed by atoms with Crippen LogP contribution in [0.25, 0.3) is 0 Å². The van der Waals surface area contributed by atoms with Crippen molar-refractivity contribution in [3.05, 3.63) is 53.8 Å². The molecule has 1 heterocycles. The van der Waals surface area contributed by atoms with Gasteiger partial charge in [0.15, 0.2) is 0 Å². The molecule has 0 radical (unpaired) electrons. The van der Waals surface area contributed by atoms with Crippen LogP contribution in [0.1, 0.15) is 25.3 Å². The summed E-state index contributed by atoms with van der Waals surface area (Å²) in [5.74, 6) is -0.489. The molecule has 27 heavy (non-hydrogen) atoms. The van der Waals surface area contributed by atoms with Crippen molar-refractivity contribution in [3.63, 3.8) is 0 Å². The molecule has 0 aromatic heterocycles. The van der Waals surface area contributed by atoms with Gasteiger partial charge in [-0.3, -0.25) is 9.03 Å². The second kappa shape index (κ2) is 7.47. The number of anilines is 2. The molecule has 3 rings (SSSR count). The van der Waals surface area contributed by atoms with Crippen molar-refractivity contribution < 1.29 is 21.2 Å². The van der Waals surface area contributed by atoms with Crippen molar-refractivity contribution in [2.24, 2.45) is 0 Å². The van der Waals surface area contributed by atoms with E-state index in [0.717, 1.165) is 30.5 Å². The Morgan fingerprint density at radius 3 is 2.44 bits per heavy atom. The third-order valence-corrected chi connectivity index (χ3v) is 7.71. The van der Waals surface area contributed by atoms with Crippen LogP contribution in [0.4, 0.5) is 15.8 Å². The molecule has 0 aliphatic carbocycles. The highest BCUT2D eigenvalue weighted by Crippen LogP contribution is 2.33. The quantitative estimate of drug-likeness (QED) is 0.790. The normalized spacial score (nSPS) is 14.7. The molecule has 2 aromatic rings. The van der Waals surface area contributed by atoms with Crippen molar-refractivity contribution in [1.29, 1.82) is 0 Å². The lowest BCUT2D eigenvalue weighted by atomic mass is 10.0. The average molecular weight is 413 g/mol. The zero-order valence-electron chi connectivity index (χ0n) is 14.9. The Kier molecular flexibility index (Phi) is 5.43. The number of nitrogens with zero attached hydrogens (tertiary/aromatic N) is 1. The highest BCUT2D eigenvalue weighted by atomic mass is 32.2. The highest BCUT2D eigenvalue weighted by Gasteiger charge is 2.27. The molecule has 1 N–H and O–H groups in total. The monoisotopic (exact) mass is 412 g/mol. The Hall–Kier alpha value is -2.13. The molecule has 9 heteroatoms. The first kappa shape index (κ1) is 19.6. The van der Waals surface area contributed by atoms with Gasteiger partial charge in [-0.25, -0.2) is 21.2 Å². The lowest BCUT2D eigenvalue weighted by molar-refractivity contribution is 0.585. The fourth-order valence-electron chi connectivity index (χ4n) is 3.09. The summed E-state index contributed by atoms with van der Waals surface area (Å²) in [6.45, 7) is 2.18. The van der Waals surface area contributed by atoms with E-state index in [1.807, 2.05) is 0 Å². The number of rotatable bonds is 6. The van der Waals surface area contributed by atoms with E-state index in [1.54, 1.807) is 25.1 Å². The molecule has 1 aliphatic heterocycles. The van der Waals surface area contributed by atoms with Crippen LogP contribution in [0, 0.1) is 5.82 Å². The van der Waals surface area contributed by atoms with E-state index < -0.39 is 25.9 Å². The van der Waals surface area contributed by atoms with Gasteiger partial charge in [0.2, 0.25) is 10.0 Å².